The van der Waals surface area contributed by atoms with Crippen LogP contribution in [-0.2, 0) is 15.6 Å². The molecule has 0 fully saturated rings. The molecule has 0 spiro atoms. The summed E-state index contributed by atoms with van der Waals surface area (Å²) in [5.41, 5.74) is 0.604. The van der Waals surface area contributed by atoms with Gasteiger partial charge in [-0.2, -0.15) is 4.21 Å². The maximum absolute atomic E-state index is 9.69. The topological polar surface area (TPSA) is 58.9 Å². The van der Waals surface area contributed by atoms with E-state index in [9.17, 15) is 4.21 Å². The number of hydrogen-bond acceptors (Lipinski definition) is 3. The average molecular weight is 137 g/mol. The maximum atomic E-state index is 9.69. The zero-order valence-corrected chi connectivity index (χ0v) is 5.44. The van der Waals surface area contributed by atoms with Gasteiger partial charge >= 0.3 is 11.4 Å². The van der Waals surface area contributed by atoms with Crippen LogP contribution in [0.3, 0.4) is 0 Å². The van der Waals surface area contributed by atoms with Crippen LogP contribution in [-0.4, -0.2) is 14.5 Å². The van der Waals surface area contributed by atoms with Crippen LogP contribution in [0.5, 0.6) is 0 Å². The minimum absolute atomic E-state index is 0.604. The molecule has 0 aromatic rings. The van der Waals surface area contributed by atoms with Crippen molar-refractivity contribution in [3.8, 4) is 0 Å². The van der Waals surface area contributed by atoms with E-state index < -0.39 is 11.4 Å². The Morgan fingerprint density at radius 1 is 1.75 bits per heavy atom. The van der Waals surface area contributed by atoms with Crippen molar-refractivity contribution in [3.05, 3.63) is 0 Å². The molecule has 1 atom stereocenters. The van der Waals surface area contributed by atoms with E-state index in [4.69, 9.17) is 4.55 Å². The standard InChI is InChI=1S/C3H7NO3S/c1-3(2)4-7-8(5)6/h1-2H3,(H,5,6). The van der Waals surface area contributed by atoms with Crippen molar-refractivity contribution in [2.24, 2.45) is 5.16 Å². The summed E-state index contributed by atoms with van der Waals surface area (Å²) in [6.45, 7) is 3.32. The average Bonchev–Trinajstić information content (AvgIpc) is 1.61. The van der Waals surface area contributed by atoms with Gasteiger partial charge < -0.3 is 0 Å². The molecule has 0 aliphatic rings. The molecule has 48 valence electrons. The highest BCUT2D eigenvalue weighted by atomic mass is 32.2. The molecule has 0 heterocycles. The molecule has 0 aromatic heterocycles. The third-order valence-electron chi connectivity index (χ3n) is 0.284. The largest absolute Gasteiger partial charge is 0.378 e. The summed E-state index contributed by atoms with van der Waals surface area (Å²) in [6.07, 6.45) is 0. The summed E-state index contributed by atoms with van der Waals surface area (Å²) in [5, 5.41) is 3.19. The van der Waals surface area contributed by atoms with Crippen LogP contribution in [0.15, 0.2) is 5.16 Å². The van der Waals surface area contributed by atoms with Crippen LogP contribution >= 0.6 is 0 Å². The summed E-state index contributed by atoms with van der Waals surface area (Å²) in [4.78, 5) is 0. The van der Waals surface area contributed by atoms with Gasteiger partial charge in [0.2, 0.25) is 0 Å². The zero-order chi connectivity index (χ0) is 6.57. The quantitative estimate of drug-likeness (QED) is 0.343. The van der Waals surface area contributed by atoms with E-state index in [1.807, 2.05) is 0 Å². The second-order valence-corrected chi connectivity index (χ2v) is 1.91. The highest BCUT2D eigenvalue weighted by Crippen LogP contribution is 1.81. The fraction of sp³-hybridized carbons (Fsp3) is 0.667. The normalized spacial score (nSPS) is 12.4. The van der Waals surface area contributed by atoms with E-state index in [-0.39, 0.29) is 0 Å². The van der Waals surface area contributed by atoms with Crippen molar-refractivity contribution >= 4 is 17.1 Å². The molecule has 0 saturated carbocycles. The molecule has 0 radical (unpaired) electrons. The molecular formula is C3H7NO3S. The highest BCUT2D eigenvalue weighted by molar-refractivity contribution is 7.74. The van der Waals surface area contributed by atoms with Crippen LogP contribution in [0.2, 0.25) is 0 Å². The number of rotatable bonds is 2. The SMILES string of the molecule is CC(C)=NOS(=O)O. The number of nitrogens with zero attached hydrogens (tertiary/aromatic N) is 1. The second kappa shape index (κ2) is 3.57. The Kier molecular flexibility index (Phi) is 3.38. The first-order chi connectivity index (χ1) is 3.63. The number of oxime groups is 1. The van der Waals surface area contributed by atoms with Gasteiger partial charge in [0.1, 0.15) is 0 Å². The zero-order valence-electron chi connectivity index (χ0n) is 4.62. The Balaban J connectivity index is 3.45. The Morgan fingerprint density at radius 3 is 2.38 bits per heavy atom. The lowest BCUT2D eigenvalue weighted by atomic mass is 10.5. The van der Waals surface area contributed by atoms with E-state index in [1.54, 1.807) is 13.8 Å². The van der Waals surface area contributed by atoms with Gasteiger partial charge in [0.05, 0.1) is 5.71 Å². The molecule has 0 aliphatic heterocycles. The minimum Gasteiger partial charge on any atom is -0.273 e. The molecule has 0 rings (SSSR count). The lowest BCUT2D eigenvalue weighted by molar-refractivity contribution is 0.325. The molecule has 4 nitrogen and oxygen atoms in total. The van der Waals surface area contributed by atoms with Crippen LogP contribution in [0.25, 0.3) is 0 Å². The van der Waals surface area contributed by atoms with Crippen molar-refractivity contribution in [2.75, 3.05) is 0 Å². The minimum atomic E-state index is -2.27. The summed E-state index contributed by atoms with van der Waals surface area (Å²) in [5.74, 6) is 0. The third-order valence-corrected chi connectivity index (χ3v) is 0.486. The van der Waals surface area contributed by atoms with E-state index >= 15 is 0 Å². The first-order valence-corrected chi connectivity index (χ1v) is 2.95. The van der Waals surface area contributed by atoms with Gasteiger partial charge in [-0.15, -0.1) is 0 Å². The molecule has 0 bridgehead atoms. The molecule has 8 heavy (non-hydrogen) atoms. The monoisotopic (exact) mass is 137 g/mol. The van der Waals surface area contributed by atoms with E-state index in [0.717, 1.165) is 0 Å². The Hall–Kier alpha value is -0.420. The van der Waals surface area contributed by atoms with Crippen LogP contribution < -0.4 is 0 Å². The van der Waals surface area contributed by atoms with Crippen molar-refractivity contribution < 1.29 is 13.0 Å². The van der Waals surface area contributed by atoms with Crippen molar-refractivity contribution in [1.82, 2.24) is 0 Å². The molecule has 1 N–H and O–H groups in total. The first-order valence-electron chi connectivity index (χ1n) is 1.92. The smallest absolute Gasteiger partial charge is 0.273 e. The summed E-state index contributed by atoms with van der Waals surface area (Å²) < 4.78 is 21.5. The summed E-state index contributed by atoms with van der Waals surface area (Å²) >= 11 is -2.27. The molecule has 0 saturated heterocycles. The van der Waals surface area contributed by atoms with Gasteiger partial charge in [-0.3, -0.25) is 8.84 Å². The van der Waals surface area contributed by atoms with Gasteiger partial charge in [0.15, 0.2) is 0 Å². The molecule has 0 aliphatic carbocycles. The van der Waals surface area contributed by atoms with Crippen molar-refractivity contribution in [1.29, 1.82) is 0 Å². The van der Waals surface area contributed by atoms with Crippen LogP contribution in [0, 0.1) is 0 Å². The fourth-order valence-electron chi connectivity index (χ4n) is 0.106. The van der Waals surface area contributed by atoms with Gasteiger partial charge in [-0.05, 0) is 13.8 Å². The lowest BCUT2D eigenvalue weighted by Crippen LogP contribution is -1.89. The maximum Gasteiger partial charge on any atom is 0.378 e. The summed E-state index contributed by atoms with van der Waals surface area (Å²) in [6, 6.07) is 0. The first kappa shape index (κ1) is 7.58. The predicted octanol–water partition coefficient (Wildman–Crippen LogP) is 0.536. The molecule has 0 amide bonds. The Morgan fingerprint density at radius 2 is 2.25 bits per heavy atom. The van der Waals surface area contributed by atoms with Gasteiger partial charge in [-0.25, -0.2) is 0 Å². The van der Waals surface area contributed by atoms with Crippen LogP contribution in [0.4, 0.5) is 0 Å². The molecule has 0 aromatic carbocycles. The predicted molar refractivity (Wildman–Crippen MR) is 30.6 cm³/mol. The third kappa shape index (κ3) is 5.58. The van der Waals surface area contributed by atoms with Crippen molar-refractivity contribution in [3.63, 3.8) is 0 Å². The van der Waals surface area contributed by atoms with Gasteiger partial charge in [0.25, 0.3) is 0 Å². The Labute approximate surface area is 50.0 Å². The molecule has 5 heteroatoms. The lowest BCUT2D eigenvalue weighted by Gasteiger charge is -1.86. The Bertz CT molecular complexity index is 118. The summed E-state index contributed by atoms with van der Waals surface area (Å²) in [7, 11) is 0. The van der Waals surface area contributed by atoms with E-state index in [2.05, 4.69) is 9.44 Å². The van der Waals surface area contributed by atoms with E-state index in [1.165, 1.54) is 0 Å². The molecular weight excluding hydrogens is 130 g/mol. The van der Waals surface area contributed by atoms with Crippen LogP contribution in [0.1, 0.15) is 13.8 Å². The fourth-order valence-corrected chi connectivity index (χ4v) is 0.319. The van der Waals surface area contributed by atoms with Crippen molar-refractivity contribution in [2.45, 2.75) is 13.8 Å². The molecule has 1 unspecified atom stereocenters. The number of hydrogen-bond donors (Lipinski definition) is 1. The highest BCUT2D eigenvalue weighted by Gasteiger charge is 1.86. The van der Waals surface area contributed by atoms with Gasteiger partial charge in [0, 0.05) is 0 Å². The second-order valence-electron chi connectivity index (χ2n) is 1.33. The van der Waals surface area contributed by atoms with Gasteiger partial charge in [-0.1, -0.05) is 5.16 Å². The van der Waals surface area contributed by atoms with E-state index in [0.29, 0.717) is 5.71 Å².